The maximum Gasteiger partial charge on any atom is 0.0965 e. The molecule has 0 saturated carbocycles. The molecule has 56 heavy (non-hydrogen) atoms. The monoisotopic (exact) mass is 751 g/mol. The van der Waals surface area contributed by atoms with Gasteiger partial charge in [0.15, 0.2) is 0 Å². The molecule has 0 amide bonds. The first-order valence-corrected chi connectivity index (χ1v) is 20.3. The van der Waals surface area contributed by atoms with Gasteiger partial charge in [-0.3, -0.25) is 15.0 Å². The molecule has 0 radical (unpaired) electrons. The highest BCUT2D eigenvalue weighted by molar-refractivity contribution is 8.02. The van der Waals surface area contributed by atoms with Gasteiger partial charge < -0.3 is 4.90 Å². The van der Waals surface area contributed by atoms with E-state index in [-0.39, 0.29) is 0 Å². The predicted octanol–water partition coefficient (Wildman–Crippen LogP) is 12.5. The quantitative estimate of drug-likeness (QED) is 0.178. The minimum Gasteiger partial charge on any atom is -0.308 e. The molecule has 0 saturated heterocycles. The van der Waals surface area contributed by atoms with Crippen molar-refractivity contribution in [3.05, 3.63) is 199 Å². The molecule has 7 heteroatoms. The van der Waals surface area contributed by atoms with Crippen molar-refractivity contribution in [3.8, 4) is 33.8 Å². The summed E-state index contributed by atoms with van der Waals surface area (Å²) in [6.07, 6.45) is 5.41. The van der Waals surface area contributed by atoms with Crippen LogP contribution < -0.4 is 4.90 Å². The largest absolute Gasteiger partial charge is 0.308 e. The third-order valence-corrected chi connectivity index (χ3v) is 13.8. The van der Waals surface area contributed by atoms with E-state index in [0.717, 1.165) is 61.6 Å². The van der Waals surface area contributed by atoms with E-state index in [9.17, 15) is 0 Å². The molecule has 0 N–H and O–H groups in total. The lowest BCUT2D eigenvalue weighted by Crippen LogP contribution is -2.32. The number of pyridine rings is 2. The van der Waals surface area contributed by atoms with Gasteiger partial charge in [-0.1, -0.05) is 127 Å². The molecule has 9 aromatic rings. The average molecular weight is 752 g/mol. The number of hydrogen-bond donors (Lipinski definition) is 0. The normalized spacial score (nSPS) is 15.8. The number of nitrogens with zero attached hydrogens (tertiary/aromatic N) is 5. The number of fused-ring (bicyclic) bond motifs is 13. The second-order valence-electron chi connectivity index (χ2n) is 14.1. The Kier molecular flexibility index (Phi) is 6.94. The molecular formula is C49H29N5S2. The molecule has 0 fully saturated rings. The van der Waals surface area contributed by atoms with E-state index in [1.54, 1.807) is 12.4 Å². The topological polar surface area (TPSA) is 54.8 Å². The van der Waals surface area contributed by atoms with Gasteiger partial charge in [-0.05, 0) is 82.4 Å². The zero-order valence-corrected chi connectivity index (χ0v) is 31.4. The molecule has 262 valence electrons. The van der Waals surface area contributed by atoms with Gasteiger partial charge >= 0.3 is 0 Å². The second kappa shape index (κ2) is 12.2. The Morgan fingerprint density at radius 2 is 1.14 bits per heavy atom. The highest BCUT2D eigenvalue weighted by Crippen LogP contribution is 2.65. The van der Waals surface area contributed by atoms with Gasteiger partial charge in [-0.2, -0.15) is 0 Å². The van der Waals surface area contributed by atoms with Crippen molar-refractivity contribution in [1.82, 2.24) is 19.9 Å². The summed E-state index contributed by atoms with van der Waals surface area (Å²) in [5.41, 5.74) is 15.4. The summed E-state index contributed by atoms with van der Waals surface area (Å²) < 4.78 is 0. The van der Waals surface area contributed by atoms with E-state index in [1.807, 2.05) is 41.9 Å². The number of aromatic nitrogens is 4. The summed E-state index contributed by atoms with van der Waals surface area (Å²) in [6.45, 7) is 0. The van der Waals surface area contributed by atoms with Crippen molar-refractivity contribution >= 4 is 51.6 Å². The standard InChI is InChI=1S/C49H29N5S2/c1-2-12-30(13-3-1)54-40-20-7-9-22-43(40)56-48-41(54)26-24-37-47(48)55-42-21-8-6-17-34(42)49(37)35-18-11-27-51-45(35)46-36(49)23-25-38(53-46)32-15-5-4-14-31(32)33-16-10-19-39-44(33)52-29-28-50-39/h1-29H. The molecule has 1 unspecified atom stereocenters. The first kappa shape index (κ1) is 31.8. The van der Waals surface area contributed by atoms with Crippen LogP contribution >= 0.6 is 23.5 Å². The van der Waals surface area contributed by atoms with Crippen LogP contribution in [0.25, 0.3) is 44.8 Å². The first-order chi connectivity index (χ1) is 27.8. The molecule has 5 heterocycles. The zero-order chi connectivity index (χ0) is 36.8. The smallest absolute Gasteiger partial charge is 0.0965 e. The van der Waals surface area contributed by atoms with Crippen LogP contribution in [0.3, 0.4) is 0 Å². The van der Waals surface area contributed by atoms with E-state index < -0.39 is 5.41 Å². The zero-order valence-electron chi connectivity index (χ0n) is 29.8. The van der Waals surface area contributed by atoms with Gasteiger partial charge in [0.05, 0.1) is 49.8 Å². The highest BCUT2D eigenvalue weighted by atomic mass is 32.2. The molecule has 3 aromatic heterocycles. The lowest BCUT2D eigenvalue weighted by molar-refractivity contribution is 0.711. The van der Waals surface area contributed by atoms with Crippen LogP contribution in [0.4, 0.5) is 17.1 Å². The van der Waals surface area contributed by atoms with Crippen LogP contribution in [-0.2, 0) is 5.41 Å². The number of para-hydroxylation sites is 3. The molecule has 2 aliphatic heterocycles. The van der Waals surface area contributed by atoms with Gasteiger partial charge in [0.25, 0.3) is 0 Å². The van der Waals surface area contributed by atoms with Crippen LogP contribution in [-0.4, -0.2) is 19.9 Å². The summed E-state index contributed by atoms with van der Waals surface area (Å²) in [7, 11) is 0. The predicted molar refractivity (Wildman–Crippen MR) is 226 cm³/mol. The third-order valence-electron chi connectivity index (χ3n) is 11.3. The molecule has 3 aliphatic rings. The van der Waals surface area contributed by atoms with E-state index >= 15 is 0 Å². The van der Waals surface area contributed by atoms with Crippen LogP contribution in [0, 0.1) is 0 Å². The van der Waals surface area contributed by atoms with Gasteiger partial charge in [0.1, 0.15) is 0 Å². The second-order valence-corrected chi connectivity index (χ2v) is 16.3. The van der Waals surface area contributed by atoms with Crippen LogP contribution in [0.15, 0.2) is 196 Å². The number of rotatable bonds is 3. The van der Waals surface area contributed by atoms with Gasteiger partial charge in [-0.25, -0.2) is 4.98 Å². The maximum absolute atomic E-state index is 5.58. The van der Waals surface area contributed by atoms with Gasteiger partial charge in [-0.15, -0.1) is 0 Å². The van der Waals surface area contributed by atoms with Crippen molar-refractivity contribution in [2.45, 2.75) is 25.0 Å². The van der Waals surface area contributed by atoms with Crippen LogP contribution in [0.1, 0.15) is 22.3 Å². The molecule has 5 nitrogen and oxygen atoms in total. The van der Waals surface area contributed by atoms with Crippen molar-refractivity contribution in [2.75, 3.05) is 4.90 Å². The lowest BCUT2D eigenvalue weighted by atomic mass is 9.67. The lowest BCUT2D eigenvalue weighted by Gasteiger charge is -2.42. The Bertz CT molecular complexity index is 3070. The summed E-state index contributed by atoms with van der Waals surface area (Å²) in [6, 6.07) is 56.6. The summed E-state index contributed by atoms with van der Waals surface area (Å²) in [5, 5.41) is 0. The molecule has 12 rings (SSSR count). The minimum absolute atomic E-state index is 0.615. The fourth-order valence-corrected chi connectivity index (χ4v) is 11.6. The Balaban J connectivity index is 1.10. The molecule has 0 bridgehead atoms. The van der Waals surface area contributed by atoms with E-state index in [0.29, 0.717) is 0 Å². The van der Waals surface area contributed by atoms with Crippen molar-refractivity contribution in [1.29, 1.82) is 0 Å². The minimum atomic E-state index is -0.615. The Hall–Kier alpha value is -6.54. The van der Waals surface area contributed by atoms with Gasteiger partial charge in [0.2, 0.25) is 0 Å². The van der Waals surface area contributed by atoms with Crippen molar-refractivity contribution in [3.63, 3.8) is 0 Å². The number of benzene rings is 6. The molecule has 1 aliphatic carbocycles. The van der Waals surface area contributed by atoms with Crippen LogP contribution in [0.5, 0.6) is 0 Å². The van der Waals surface area contributed by atoms with Crippen molar-refractivity contribution < 1.29 is 0 Å². The molecular weight excluding hydrogens is 723 g/mol. The number of anilines is 3. The SMILES string of the molecule is c1ccc(N2c3ccccc3Sc3c2ccc2c3Sc3ccccc3C23c2cccnc2-c2nc(-c4ccccc4-c4cccc5nccnc45)ccc23)cc1. The summed E-state index contributed by atoms with van der Waals surface area (Å²) in [4.78, 5) is 27.5. The van der Waals surface area contributed by atoms with E-state index in [4.69, 9.17) is 15.0 Å². The summed E-state index contributed by atoms with van der Waals surface area (Å²) >= 11 is 3.75. The Labute approximate surface area is 332 Å². The van der Waals surface area contributed by atoms with E-state index in [2.05, 4.69) is 155 Å². The van der Waals surface area contributed by atoms with Gasteiger partial charge in [0, 0.05) is 50.1 Å². The molecule has 6 aromatic carbocycles. The molecule has 1 atom stereocenters. The molecule has 1 spiro atoms. The Morgan fingerprint density at radius 3 is 2.07 bits per heavy atom. The van der Waals surface area contributed by atoms with Crippen molar-refractivity contribution in [2.24, 2.45) is 0 Å². The highest BCUT2D eigenvalue weighted by Gasteiger charge is 2.52. The fourth-order valence-electron chi connectivity index (χ4n) is 9.03. The maximum atomic E-state index is 5.58. The number of hydrogen-bond acceptors (Lipinski definition) is 7. The fraction of sp³-hybridized carbons (Fsp3) is 0.0204. The van der Waals surface area contributed by atoms with Crippen LogP contribution in [0.2, 0.25) is 0 Å². The third kappa shape index (κ3) is 4.41. The Morgan fingerprint density at radius 1 is 0.429 bits per heavy atom. The average Bonchev–Trinajstić information content (AvgIpc) is 3.55. The first-order valence-electron chi connectivity index (χ1n) is 18.6. The van der Waals surface area contributed by atoms with E-state index in [1.165, 1.54) is 42.1 Å². The summed E-state index contributed by atoms with van der Waals surface area (Å²) in [5.74, 6) is 0.